The molecular formula is C24H23N3O4S. The minimum atomic E-state index is -3.68. The van der Waals surface area contributed by atoms with E-state index in [-0.39, 0.29) is 28.2 Å². The number of nitrogens with zero attached hydrogens (tertiary/aromatic N) is 2. The zero-order valence-electron chi connectivity index (χ0n) is 17.3. The van der Waals surface area contributed by atoms with E-state index in [9.17, 15) is 18.0 Å². The lowest BCUT2D eigenvalue weighted by Gasteiger charge is -2.42. The molecular weight excluding hydrogens is 426 g/mol. The van der Waals surface area contributed by atoms with Crippen LogP contribution < -0.4 is 10.9 Å². The Bertz CT molecular complexity index is 1320. The SMILES string of the molecule is O=C(Nc1ccc(S(=O)(=O)N2C[C@H]3C[C@H](C2)c2cccc(=O)n2C3)cc1)c1ccccc1. The number of hydrogen-bond donors (Lipinski definition) is 1. The Labute approximate surface area is 186 Å². The molecule has 2 bridgehead atoms. The molecule has 164 valence electrons. The van der Waals surface area contributed by atoms with Crippen LogP contribution in [0.25, 0.3) is 0 Å². The lowest BCUT2D eigenvalue weighted by molar-refractivity contribution is 0.102. The summed E-state index contributed by atoms with van der Waals surface area (Å²) >= 11 is 0. The Hall–Kier alpha value is -3.23. The van der Waals surface area contributed by atoms with Crippen LogP contribution in [0, 0.1) is 5.92 Å². The highest BCUT2D eigenvalue weighted by molar-refractivity contribution is 7.89. The molecule has 3 aromatic rings. The van der Waals surface area contributed by atoms with Crippen molar-refractivity contribution in [2.24, 2.45) is 5.92 Å². The third-order valence-electron chi connectivity index (χ3n) is 6.23. The van der Waals surface area contributed by atoms with Gasteiger partial charge in [0.2, 0.25) is 10.0 Å². The second-order valence-corrected chi connectivity index (χ2v) is 10.3. The highest BCUT2D eigenvalue weighted by Crippen LogP contribution is 2.37. The molecule has 8 heteroatoms. The van der Waals surface area contributed by atoms with E-state index >= 15 is 0 Å². The van der Waals surface area contributed by atoms with Crippen molar-refractivity contribution in [3.63, 3.8) is 0 Å². The predicted molar refractivity (Wildman–Crippen MR) is 121 cm³/mol. The van der Waals surface area contributed by atoms with Gasteiger partial charge >= 0.3 is 0 Å². The van der Waals surface area contributed by atoms with Crippen LogP contribution in [0.2, 0.25) is 0 Å². The molecule has 2 aliphatic heterocycles. The van der Waals surface area contributed by atoms with Gasteiger partial charge in [-0.1, -0.05) is 24.3 Å². The van der Waals surface area contributed by atoms with Crippen molar-refractivity contribution in [3.8, 4) is 0 Å². The summed E-state index contributed by atoms with van der Waals surface area (Å²) in [4.78, 5) is 24.7. The summed E-state index contributed by atoms with van der Waals surface area (Å²) in [5.74, 6) is -0.130. The van der Waals surface area contributed by atoms with E-state index in [2.05, 4.69) is 5.32 Å². The first kappa shape index (κ1) is 20.7. The van der Waals surface area contributed by atoms with Crippen LogP contribution in [0.1, 0.15) is 28.4 Å². The first-order chi connectivity index (χ1) is 15.4. The van der Waals surface area contributed by atoms with Gasteiger partial charge in [-0.15, -0.1) is 0 Å². The highest BCUT2D eigenvalue weighted by atomic mass is 32.2. The molecule has 0 unspecified atom stereocenters. The largest absolute Gasteiger partial charge is 0.322 e. The molecule has 0 radical (unpaired) electrons. The number of hydrogen-bond acceptors (Lipinski definition) is 4. The summed E-state index contributed by atoms with van der Waals surface area (Å²) in [6.45, 7) is 1.29. The molecule has 5 rings (SSSR count). The lowest BCUT2D eigenvalue weighted by atomic mass is 9.84. The monoisotopic (exact) mass is 449 g/mol. The van der Waals surface area contributed by atoms with E-state index in [1.807, 2.05) is 12.1 Å². The average molecular weight is 450 g/mol. The number of sulfonamides is 1. The quantitative estimate of drug-likeness (QED) is 0.663. The average Bonchev–Trinajstić information content (AvgIpc) is 2.80. The van der Waals surface area contributed by atoms with Crippen molar-refractivity contribution < 1.29 is 13.2 Å². The van der Waals surface area contributed by atoms with Crippen molar-refractivity contribution >= 4 is 21.6 Å². The number of pyridine rings is 1. The minimum Gasteiger partial charge on any atom is -0.322 e. The Balaban J connectivity index is 1.34. The van der Waals surface area contributed by atoms with Gasteiger partial charge in [-0.2, -0.15) is 4.31 Å². The third-order valence-corrected chi connectivity index (χ3v) is 8.08. The van der Waals surface area contributed by atoms with E-state index in [0.717, 1.165) is 12.1 Å². The maximum atomic E-state index is 13.3. The van der Waals surface area contributed by atoms with Crippen molar-refractivity contribution in [2.45, 2.75) is 23.8 Å². The van der Waals surface area contributed by atoms with Crippen molar-refractivity contribution in [1.82, 2.24) is 8.87 Å². The summed E-state index contributed by atoms with van der Waals surface area (Å²) in [5.41, 5.74) is 1.94. The van der Waals surface area contributed by atoms with E-state index in [1.165, 1.54) is 16.4 Å². The Morgan fingerprint density at radius 3 is 2.38 bits per heavy atom. The van der Waals surface area contributed by atoms with Gasteiger partial charge in [-0.05, 0) is 54.8 Å². The summed E-state index contributed by atoms with van der Waals surface area (Å²) in [7, 11) is -3.68. The van der Waals surface area contributed by atoms with Gasteiger partial charge in [0.25, 0.3) is 11.5 Å². The van der Waals surface area contributed by atoms with Gasteiger partial charge in [-0.3, -0.25) is 9.59 Å². The molecule has 1 fully saturated rings. The number of benzene rings is 2. The van der Waals surface area contributed by atoms with E-state index in [0.29, 0.717) is 30.9 Å². The molecule has 3 heterocycles. The number of aromatic nitrogens is 1. The van der Waals surface area contributed by atoms with Crippen LogP contribution in [0.5, 0.6) is 0 Å². The maximum absolute atomic E-state index is 13.3. The smallest absolute Gasteiger partial charge is 0.255 e. The molecule has 2 aliphatic rings. The molecule has 0 saturated carbocycles. The number of nitrogens with one attached hydrogen (secondary N) is 1. The van der Waals surface area contributed by atoms with Crippen LogP contribution in [0.15, 0.2) is 82.5 Å². The standard InChI is InChI=1S/C24H23N3O4S/c28-23-8-4-7-22-19-13-17(15-27(22)23)14-26(16-19)32(30,31)21-11-9-20(10-12-21)25-24(29)18-5-2-1-3-6-18/h1-12,17,19H,13-16H2,(H,25,29)/t17-,19-/m1/s1. The van der Waals surface area contributed by atoms with Gasteiger partial charge < -0.3 is 9.88 Å². The van der Waals surface area contributed by atoms with Crippen LogP contribution in [0.3, 0.4) is 0 Å². The molecule has 2 atom stereocenters. The highest BCUT2D eigenvalue weighted by Gasteiger charge is 2.39. The fourth-order valence-corrected chi connectivity index (χ4v) is 6.26. The molecule has 7 nitrogen and oxygen atoms in total. The number of rotatable bonds is 4. The summed E-state index contributed by atoms with van der Waals surface area (Å²) in [5, 5.41) is 2.79. The number of piperidine rings is 1. The second-order valence-electron chi connectivity index (χ2n) is 8.36. The molecule has 2 aromatic carbocycles. The van der Waals surface area contributed by atoms with Gasteiger partial charge in [-0.25, -0.2) is 8.42 Å². The molecule has 0 aliphatic carbocycles. The van der Waals surface area contributed by atoms with Crippen molar-refractivity contribution in [3.05, 3.63) is 94.4 Å². The zero-order chi connectivity index (χ0) is 22.3. The van der Waals surface area contributed by atoms with E-state index in [4.69, 9.17) is 0 Å². The van der Waals surface area contributed by atoms with Crippen LogP contribution in [0.4, 0.5) is 5.69 Å². The molecule has 1 aromatic heterocycles. The Morgan fingerprint density at radius 1 is 0.875 bits per heavy atom. The summed E-state index contributed by atoms with van der Waals surface area (Å²) in [6.07, 6.45) is 0.889. The van der Waals surface area contributed by atoms with Gasteiger partial charge in [0.15, 0.2) is 0 Å². The first-order valence-corrected chi connectivity index (χ1v) is 12.0. The number of anilines is 1. The number of carbonyl (C=O) groups is 1. The minimum absolute atomic E-state index is 0.00982. The van der Waals surface area contributed by atoms with Crippen molar-refractivity contribution in [1.29, 1.82) is 0 Å². The third kappa shape index (κ3) is 3.76. The lowest BCUT2D eigenvalue weighted by Crippen LogP contribution is -2.48. The van der Waals surface area contributed by atoms with E-state index in [1.54, 1.807) is 53.1 Å². The number of amides is 1. The number of carbonyl (C=O) groups excluding carboxylic acids is 1. The molecule has 1 N–H and O–H groups in total. The van der Waals surface area contributed by atoms with Gasteiger partial charge in [0.1, 0.15) is 0 Å². The maximum Gasteiger partial charge on any atom is 0.255 e. The molecule has 1 amide bonds. The summed E-state index contributed by atoms with van der Waals surface area (Å²) in [6, 6.07) is 20.3. The topological polar surface area (TPSA) is 88.5 Å². The number of fused-ring (bicyclic) bond motifs is 4. The second kappa shape index (κ2) is 8.03. The predicted octanol–water partition coefficient (Wildman–Crippen LogP) is 2.91. The molecule has 1 saturated heterocycles. The Kier molecular flexibility index (Phi) is 5.19. The normalized spacial score (nSPS) is 20.4. The molecule has 32 heavy (non-hydrogen) atoms. The fraction of sp³-hybridized carbons (Fsp3) is 0.250. The van der Waals surface area contributed by atoms with Gasteiger partial charge in [0, 0.05) is 48.6 Å². The van der Waals surface area contributed by atoms with Crippen LogP contribution in [-0.2, 0) is 16.6 Å². The molecule has 0 spiro atoms. The Morgan fingerprint density at radius 2 is 1.62 bits per heavy atom. The first-order valence-electron chi connectivity index (χ1n) is 10.6. The fourth-order valence-electron chi connectivity index (χ4n) is 4.70. The zero-order valence-corrected chi connectivity index (χ0v) is 18.2. The van der Waals surface area contributed by atoms with Crippen molar-refractivity contribution in [2.75, 3.05) is 18.4 Å². The van der Waals surface area contributed by atoms with Crippen LogP contribution >= 0.6 is 0 Å². The van der Waals surface area contributed by atoms with Gasteiger partial charge in [0.05, 0.1) is 4.90 Å². The summed E-state index contributed by atoms with van der Waals surface area (Å²) < 4.78 is 30.0. The van der Waals surface area contributed by atoms with E-state index < -0.39 is 10.0 Å². The van der Waals surface area contributed by atoms with Crippen LogP contribution in [-0.4, -0.2) is 36.3 Å².